The average molecular weight is 288 g/mol. The Morgan fingerprint density at radius 2 is 1.90 bits per heavy atom. The number of methoxy groups -OCH3 is 1. The standard InChI is InChI=1S/C17H18ClNO/c1-20-16-8-9-17(12-2-4-14(18)5-3-12)13(10-16)11-19-15-6-7-15/h2-5,8-10,15,19H,6-7,11H2,1H3. The minimum absolute atomic E-state index is 0.694. The van der Waals surface area contributed by atoms with Crippen molar-refractivity contribution in [3.8, 4) is 16.9 Å². The third kappa shape index (κ3) is 3.14. The number of hydrogen-bond donors (Lipinski definition) is 1. The van der Waals surface area contributed by atoms with E-state index in [9.17, 15) is 0 Å². The van der Waals surface area contributed by atoms with Crippen LogP contribution in [0.3, 0.4) is 0 Å². The van der Waals surface area contributed by atoms with Crippen LogP contribution < -0.4 is 10.1 Å². The highest BCUT2D eigenvalue weighted by Crippen LogP contribution is 2.29. The largest absolute Gasteiger partial charge is 0.497 e. The topological polar surface area (TPSA) is 21.3 Å². The first-order valence-electron chi connectivity index (χ1n) is 6.92. The summed E-state index contributed by atoms with van der Waals surface area (Å²) in [6, 6.07) is 14.9. The van der Waals surface area contributed by atoms with E-state index in [4.69, 9.17) is 16.3 Å². The molecule has 0 amide bonds. The zero-order valence-electron chi connectivity index (χ0n) is 11.5. The molecule has 104 valence electrons. The minimum Gasteiger partial charge on any atom is -0.497 e. The van der Waals surface area contributed by atoms with E-state index in [2.05, 4.69) is 29.6 Å². The molecule has 0 aromatic heterocycles. The van der Waals surface area contributed by atoms with Crippen molar-refractivity contribution in [2.75, 3.05) is 7.11 Å². The highest BCUT2D eigenvalue weighted by molar-refractivity contribution is 6.30. The van der Waals surface area contributed by atoms with Crippen molar-refractivity contribution in [3.63, 3.8) is 0 Å². The Kier molecular flexibility index (Phi) is 3.95. The molecule has 0 saturated heterocycles. The Morgan fingerprint density at radius 1 is 1.15 bits per heavy atom. The van der Waals surface area contributed by atoms with Crippen molar-refractivity contribution in [2.24, 2.45) is 0 Å². The van der Waals surface area contributed by atoms with E-state index >= 15 is 0 Å². The summed E-state index contributed by atoms with van der Waals surface area (Å²) in [5.74, 6) is 0.898. The third-order valence-electron chi connectivity index (χ3n) is 3.63. The monoisotopic (exact) mass is 287 g/mol. The van der Waals surface area contributed by atoms with Gasteiger partial charge in [-0.2, -0.15) is 0 Å². The average Bonchev–Trinajstić information content (AvgIpc) is 3.30. The van der Waals surface area contributed by atoms with E-state index in [1.165, 1.54) is 29.5 Å². The van der Waals surface area contributed by atoms with E-state index in [0.29, 0.717) is 6.04 Å². The lowest BCUT2D eigenvalue weighted by Gasteiger charge is -2.12. The molecule has 1 fully saturated rings. The van der Waals surface area contributed by atoms with Gasteiger partial charge < -0.3 is 10.1 Å². The maximum Gasteiger partial charge on any atom is 0.119 e. The molecule has 2 aromatic rings. The van der Waals surface area contributed by atoms with E-state index < -0.39 is 0 Å². The van der Waals surface area contributed by atoms with Gasteiger partial charge in [0.1, 0.15) is 5.75 Å². The Labute approximate surface area is 124 Å². The zero-order chi connectivity index (χ0) is 13.9. The lowest BCUT2D eigenvalue weighted by Crippen LogP contribution is -2.16. The summed E-state index contributed by atoms with van der Waals surface area (Å²) in [6.45, 7) is 0.875. The van der Waals surface area contributed by atoms with Gasteiger partial charge in [0.25, 0.3) is 0 Å². The number of nitrogens with one attached hydrogen (secondary N) is 1. The minimum atomic E-state index is 0.694. The molecule has 0 spiro atoms. The van der Waals surface area contributed by atoms with Gasteiger partial charge in [-0.05, 0) is 53.8 Å². The van der Waals surface area contributed by atoms with Gasteiger partial charge in [-0.1, -0.05) is 29.8 Å². The zero-order valence-corrected chi connectivity index (χ0v) is 12.3. The van der Waals surface area contributed by atoms with Gasteiger partial charge in [-0.25, -0.2) is 0 Å². The molecule has 0 radical (unpaired) electrons. The van der Waals surface area contributed by atoms with Crippen molar-refractivity contribution in [3.05, 3.63) is 53.1 Å². The van der Waals surface area contributed by atoms with Crippen molar-refractivity contribution >= 4 is 11.6 Å². The quantitative estimate of drug-likeness (QED) is 0.887. The van der Waals surface area contributed by atoms with Crippen LogP contribution in [0.5, 0.6) is 5.75 Å². The normalized spacial score (nSPS) is 14.3. The van der Waals surface area contributed by atoms with Crippen LogP contribution in [-0.2, 0) is 6.54 Å². The second-order valence-electron chi connectivity index (χ2n) is 5.19. The highest BCUT2D eigenvalue weighted by Gasteiger charge is 2.20. The van der Waals surface area contributed by atoms with E-state index in [1.54, 1.807) is 7.11 Å². The maximum absolute atomic E-state index is 5.97. The molecular formula is C17H18ClNO. The number of benzene rings is 2. The van der Waals surface area contributed by atoms with Crippen molar-refractivity contribution < 1.29 is 4.74 Å². The first kappa shape index (κ1) is 13.5. The van der Waals surface area contributed by atoms with Crippen molar-refractivity contribution in [1.82, 2.24) is 5.32 Å². The molecule has 1 aliphatic rings. The molecule has 3 rings (SSSR count). The number of halogens is 1. The van der Waals surface area contributed by atoms with Gasteiger partial charge in [0.15, 0.2) is 0 Å². The number of rotatable bonds is 5. The Hall–Kier alpha value is -1.51. The fraction of sp³-hybridized carbons (Fsp3) is 0.294. The first-order valence-corrected chi connectivity index (χ1v) is 7.30. The van der Waals surface area contributed by atoms with Gasteiger partial charge in [0.2, 0.25) is 0 Å². The molecule has 20 heavy (non-hydrogen) atoms. The summed E-state index contributed by atoms with van der Waals surface area (Å²) in [5, 5.41) is 4.33. The third-order valence-corrected chi connectivity index (χ3v) is 3.88. The molecule has 3 heteroatoms. The molecule has 0 atom stereocenters. The Morgan fingerprint density at radius 3 is 2.55 bits per heavy atom. The van der Waals surface area contributed by atoms with E-state index in [1.807, 2.05) is 18.2 Å². The van der Waals surface area contributed by atoms with Crippen LogP contribution in [-0.4, -0.2) is 13.2 Å². The lowest BCUT2D eigenvalue weighted by molar-refractivity contribution is 0.414. The summed E-state index contributed by atoms with van der Waals surface area (Å²) < 4.78 is 5.34. The predicted octanol–water partition coefficient (Wildman–Crippen LogP) is 4.27. The Balaban J connectivity index is 1.92. The van der Waals surface area contributed by atoms with Gasteiger partial charge in [0, 0.05) is 17.6 Å². The molecule has 2 aromatic carbocycles. The molecular weight excluding hydrogens is 270 g/mol. The fourth-order valence-electron chi connectivity index (χ4n) is 2.30. The van der Waals surface area contributed by atoms with Crippen LogP contribution in [0.15, 0.2) is 42.5 Å². The maximum atomic E-state index is 5.97. The number of hydrogen-bond acceptors (Lipinski definition) is 2. The Bertz CT molecular complexity index is 590. The molecule has 1 N–H and O–H groups in total. The fourth-order valence-corrected chi connectivity index (χ4v) is 2.42. The predicted molar refractivity (Wildman–Crippen MR) is 83.3 cm³/mol. The van der Waals surface area contributed by atoms with Crippen LogP contribution in [0.1, 0.15) is 18.4 Å². The van der Waals surface area contributed by atoms with Gasteiger partial charge >= 0.3 is 0 Å². The van der Waals surface area contributed by atoms with Crippen LogP contribution in [0.4, 0.5) is 0 Å². The summed E-state index contributed by atoms with van der Waals surface area (Å²) in [4.78, 5) is 0. The molecule has 0 unspecified atom stereocenters. The molecule has 0 bridgehead atoms. The summed E-state index contributed by atoms with van der Waals surface area (Å²) >= 11 is 5.97. The SMILES string of the molecule is COc1ccc(-c2ccc(Cl)cc2)c(CNC2CC2)c1. The molecule has 1 saturated carbocycles. The molecule has 0 aliphatic heterocycles. The second-order valence-corrected chi connectivity index (χ2v) is 5.62. The molecule has 0 heterocycles. The van der Waals surface area contributed by atoms with Gasteiger partial charge in [0.05, 0.1) is 7.11 Å². The number of ether oxygens (including phenoxy) is 1. The lowest BCUT2D eigenvalue weighted by atomic mass is 9.99. The van der Waals surface area contributed by atoms with Crippen LogP contribution in [0.2, 0.25) is 5.02 Å². The van der Waals surface area contributed by atoms with Gasteiger partial charge in [-0.3, -0.25) is 0 Å². The summed E-state index contributed by atoms with van der Waals surface area (Å²) in [5.41, 5.74) is 3.68. The molecule has 1 aliphatic carbocycles. The molecule has 2 nitrogen and oxygen atoms in total. The van der Waals surface area contributed by atoms with Crippen LogP contribution >= 0.6 is 11.6 Å². The van der Waals surface area contributed by atoms with E-state index in [-0.39, 0.29) is 0 Å². The first-order chi connectivity index (χ1) is 9.76. The van der Waals surface area contributed by atoms with Crippen LogP contribution in [0.25, 0.3) is 11.1 Å². The van der Waals surface area contributed by atoms with Crippen molar-refractivity contribution in [1.29, 1.82) is 0 Å². The smallest absolute Gasteiger partial charge is 0.119 e. The van der Waals surface area contributed by atoms with Gasteiger partial charge in [-0.15, -0.1) is 0 Å². The highest BCUT2D eigenvalue weighted by atomic mass is 35.5. The second kappa shape index (κ2) is 5.86. The van der Waals surface area contributed by atoms with E-state index in [0.717, 1.165) is 17.3 Å². The summed E-state index contributed by atoms with van der Waals surface area (Å²) in [6.07, 6.45) is 2.58. The van der Waals surface area contributed by atoms with Crippen LogP contribution in [0, 0.1) is 0 Å². The summed E-state index contributed by atoms with van der Waals surface area (Å²) in [7, 11) is 1.70. The van der Waals surface area contributed by atoms with Crippen molar-refractivity contribution in [2.45, 2.75) is 25.4 Å².